The van der Waals surface area contributed by atoms with E-state index in [0.717, 1.165) is 53.8 Å². The maximum absolute atomic E-state index is 13.9. The Bertz CT molecular complexity index is 1740. The molecule has 6 rings (SSSR count). The summed E-state index contributed by atoms with van der Waals surface area (Å²) in [7, 11) is 0. The standard InChI is InChI=1S/C36H38N6O2/c1-25(2)40-20-22-41(23-21-40)31-16-13-30(14-17-31)38-35-37-19-18-33(39-35)42(32-15-12-28-10-5-6-11-29(28)24-32)36(43)44-34-26(3)8-7-9-27(34)4/h5-19,24-25H,20-23H2,1-4H3,(H,37,38,39). The Balaban J connectivity index is 1.26. The van der Waals surface area contributed by atoms with Crippen LogP contribution in [0.3, 0.4) is 0 Å². The summed E-state index contributed by atoms with van der Waals surface area (Å²) in [5.41, 5.74) is 4.47. The van der Waals surface area contributed by atoms with E-state index in [1.165, 1.54) is 10.6 Å². The molecule has 0 aliphatic carbocycles. The molecule has 2 heterocycles. The SMILES string of the molecule is Cc1cccc(C)c1OC(=O)N(c1ccc2ccccc2c1)c1ccnc(Nc2ccc(N3CCN(C(C)C)CC3)cc2)n1. The quantitative estimate of drug-likeness (QED) is 0.208. The summed E-state index contributed by atoms with van der Waals surface area (Å²) in [5, 5.41) is 5.40. The number of fused-ring (bicyclic) bond motifs is 1. The van der Waals surface area contributed by atoms with Crippen molar-refractivity contribution < 1.29 is 9.53 Å². The zero-order valence-electron chi connectivity index (χ0n) is 25.7. The van der Waals surface area contributed by atoms with Gasteiger partial charge >= 0.3 is 6.09 Å². The zero-order valence-corrected chi connectivity index (χ0v) is 25.7. The molecule has 8 nitrogen and oxygen atoms in total. The van der Waals surface area contributed by atoms with Crippen molar-refractivity contribution in [2.45, 2.75) is 33.7 Å². The van der Waals surface area contributed by atoms with Gasteiger partial charge in [0.25, 0.3) is 0 Å². The molecule has 0 atom stereocenters. The molecule has 0 unspecified atom stereocenters. The van der Waals surface area contributed by atoms with Crippen LogP contribution in [0.1, 0.15) is 25.0 Å². The number of rotatable bonds is 7. The molecule has 4 aromatic carbocycles. The highest BCUT2D eigenvalue weighted by molar-refractivity contribution is 5.99. The van der Waals surface area contributed by atoms with Crippen LogP contribution in [0, 0.1) is 13.8 Å². The summed E-state index contributed by atoms with van der Waals surface area (Å²) in [6.45, 7) is 12.5. The molecule has 44 heavy (non-hydrogen) atoms. The third-order valence-corrected chi connectivity index (χ3v) is 8.18. The van der Waals surface area contributed by atoms with E-state index in [0.29, 0.717) is 29.2 Å². The minimum absolute atomic E-state index is 0.381. The number of benzene rings is 4. The molecule has 0 radical (unpaired) electrons. The Morgan fingerprint density at radius 3 is 2.25 bits per heavy atom. The molecular formula is C36H38N6O2. The van der Waals surface area contributed by atoms with Crippen LogP contribution in [0.25, 0.3) is 10.8 Å². The zero-order chi connectivity index (χ0) is 30.6. The fourth-order valence-corrected chi connectivity index (χ4v) is 5.66. The minimum atomic E-state index is -0.552. The lowest BCUT2D eigenvalue weighted by molar-refractivity contribution is 0.209. The number of anilines is 5. The second kappa shape index (κ2) is 12.7. The lowest BCUT2D eigenvalue weighted by atomic mass is 10.1. The van der Waals surface area contributed by atoms with E-state index in [4.69, 9.17) is 9.72 Å². The highest BCUT2D eigenvalue weighted by Gasteiger charge is 2.24. The van der Waals surface area contributed by atoms with Crippen LogP contribution in [-0.4, -0.2) is 53.2 Å². The second-order valence-corrected chi connectivity index (χ2v) is 11.5. The van der Waals surface area contributed by atoms with Crippen molar-refractivity contribution in [3.05, 3.63) is 108 Å². The van der Waals surface area contributed by atoms with Gasteiger partial charge in [-0.1, -0.05) is 48.5 Å². The fraction of sp³-hybridized carbons (Fsp3) is 0.250. The first-order valence-corrected chi connectivity index (χ1v) is 15.1. The second-order valence-electron chi connectivity index (χ2n) is 11.5. The van der Waals surface area contributed by atoms with E-state index < -0.39 is 6.09 Å². The van der Waals surface area contributed by atoms with Gasteiger partial charge in [0, 0.05) is 55.9 Å². The number of piperazine rings is 1. The number of aryl methyl sites for hydroxylation is 2. The fourth-order valence-electron chi connectivity index (χ4n) is 5.66. The molecule has 0 bridgehead atoms. The number of nitrogens with zero attached hydrogens (tertiary/aromatic N) is 5. The van der Waals surface area contributed by atoms with E-state index in [2.05, 4.69) is 46.1 Å². The van der Waals surface area contributed by atoms with Crippen LogP contribution in [0.4, 0.5) is 33.6 Å². The first-order chi connectivity index (χ1) is 21.4. The number of hydrogen-bond acceptors (Lipinski definition) is 7. The predicted octanol–water partition coefficient (Wildman–Crippen LogP) is 7.86. The summed E-state index contributed by atoms with van der Waals surface area (Å²) in [4.78, 5) is 29.5. The van der Waals surface area contributed by atoms with Gasteiger partial charge in [0.15, 0.2) is 0 Å². The van der Waals surface area contributed by atoms with Crippen LogP contribution in [0.5, 0.6) is 5.75 Å². The molecule has 1 fully saturated rings. The average Bonchev–Trinajstić information content (AvgIpc) is 3.03. The van der Waals surface area contributed by atoms with E-state index in [-0.39, 0.29) is 0 Å². The van der Waals surface area contributed by atoms with Gasteiger partial charge in [-0.3, -0.25) is 4.90 Å². The molecule has 224 valence electrons. The molecule has 1 amide bonds. The van der Waals surface area contributed by atoms with Gasteiger partial charge in [-0.2, -0.15) is 4.98 Å². The molecule has 5 aromatic rings. The Morgan fingerprint density at radius 2 is 1.55 bits per heavy atom. The van der Waals surface area contributed by atoms with Crippen LogP contribution >= 0.6 is 0 Å². The van der Waals surface area contributed by atoms with Crippen molar-refractivity contribution in [1.29, 1.82) is 0 Å². The number of carbonyl (C=O) groups is 1. The van der Waals surface area contributed by atoms with Gasteiger partial charge in [0.05, 0.1) is 5.69 Å². The molecule has 1 aliphatic rings. The van der Waals surface area contributed by atoms with E-state index in [1.54, 1.807) is 12.3 Å². The van der Waals surface area contributed by atoms with Crippen molar-refractivity contribution in [1.82, 2.24) is 14.9 Å². The number of para-hydroxylation sites is 1. The Labute approximate surface area is 258 Å². The number of amides is 1. The third kappa shape index (κ3) is 6.35. The van der Waals surface area contributed by atoms with E-state index in [1.807, 2.05) is 86.6 Å². The van der Waals surface area contributed by atoms with Crippen molar-refractivity contribution in [3.8, 4) is 5.75 Å². The van der Waals surface area contributed by atoms with Gasteiger partial charge in [0.1, 0.15) is 11.6 Å². The summed E-state index contributed by atoms with van der Waals surface area (Å²) < 4.78 is 6.01. The van der Waals surface area contributed by atoms with Gasteiger partial charge in [-0.25, -0.2) is 14.7 Å². The maximum Gasteiger partial charge on any atom is 0.425 e. The molecule has 1 saturated heterocycles. The van der Waals surface area contributed by atoms with Gasteiger partial charge < -0.3 is 15.0 Å². The van der Waals surface area contributed by atoms with Gasteiger partial charge in [-0.15, -0.1) is 0 Å². The number of ether oxygens (including phenoxy) is 1. The van der Waals surface area contributed by atoms with Crippen molar-refractivity contribution in [2.24, 2.45) is 0 Å². The summed E-state index contributed by atoms with van der Waals surface area (Å²) in [6.07, 6.45) is 1.09. The monoisotopic (exact) mass is 586 g/mol. The number of aromatic nitrogens is 2. The topological polar surface area (TPSA) is 73.8 Å². The molecule has 8 heteroatoms. The van der Waals surface area contributed by atoms with E-state index >= 15 is 0 Å². The first kappa shape index (κ1) is 29.1. The Morgan fingerprint density at radius 1 is 0.841 bits per heavy atom. The van der Waals surface area contributed by atoms with Crippen molar-refractivity contribution in [2.75, 3.05) is 41.3 Å². The molecule has 1 N–H and O–H groups in total. The van der Waals surface area contributed by atoms with E-state index in [9.17, 15) is 4.79 Å². The third-order valence-electron chi connectivity index (χ3n) is 8.18. The molecule has 1 aromatic heterocycles. The number of carbonyl (C=O) groups excluding carboxylic acids is 1. The van der Waals surface area contributed by atoms with Crippen molar-refractivity contribution >= 4 is 45.7 Å². The molecule has 1 aliphatic heterocycles. The number of hydrogen-bond donors (Lipinski definition) is 1. The summed E-state index contributed by atoms with van der Waals surface area (Å²) in [5.74, 6) is 1.32. The van der Waals surface area contributed by atoms with Crippen LogP contribution in [0.15, 0.2) is 97.2 Å². The average molecular weight is 587 g/mol. The van der Waals surface area contributed by atoms with Gasteiger partial charge in [-0.05, 0) is 86.0 Å². The lowest BCUT2D eigenvalue weighted by Crippen LogP contribution is -2.48. The lowest BCUT2D eigenvalue weighted by Gasteiger charge is -2.38. The highest BCUT2D eigenvalue weighted by atomic mass is 16.6. The van der Waals surface area contributed by atoms with Crippen LogP contribution < -0.4 is 19.9 Å². The maximum atomic E-state index is 13.9. The van der Waals surface area contributed by atoms with Crippen LogP contribution in [0.2, 0.25) is 0 Å². The largest absolute Gasteiger partial charge is 0.425 e. The predicted molar refractivity (Wildman–Crippen MR) is 179 cm³/mol. The summed E-state index contributed by atoms with van der Waals surface area (Å²) >= 11 is 0. The molecule has 0 saturated carbocycles. The Kier molecular flexibility index (Phi) is 8.43. The minimum Gasteiger partial charge on any atom is -0.409 e. The molecular weight excluding hydrogens is 548 g/mol. The smallest absolute Gasteiger partial charge is 0.409 e. The van der Waals surface area contributed by atoms with Gasteiger partial charge in [0.2, 0.25) is 5.95 Å². The highest BCUT2D eigenvalue weighted by Crippen LogP contribution is 2.31. The normalized spacial score (nSPS) is 13.7. The van der Waals surface area contributed by atoms with Crippen molar-refractivity contribution in [3.63, 3.8) is 0 Å². The molecule has 0 spiro atoms. The van der Waals surface area contributed by atoms with Crippen LogP contribution in [-0.2, 0) is 0 Å². The first-order valence-electron chi connectivity index (χ1n) is 15.1. The number of nitrogens with one attached hydrogen (secondary N) is 1. The Hall–Kier alpha value is -4.95. The summed E-state index contributed by atoms with van der Waals surface area (Å²) in [6, 6.07) is 30.3.